The van der Waals surface area contributed by atoms with Crippen LogP contribution in [-0.4, -0.2) is 17.8 Å². The highest BCUT2D eigenvalue weighted by Gasteiger charge is 2.37. The van der Waals surface area contributed by atoms with E-state index in [-0.39, 0.29) is 17.9 Å². The number of aryl methyl sites for hydroxylation is 1. The average molecular weight is 603 g/mol. The molecule has 4 amide bonds. The number of ether oxygens (including phenoxy) is 2. The minimum atomic E-state index is -0.843. The molecule has 1 saturated heterocycles. The fraction of sp³-hybridized carbons (Fsp3) is 0.0833. The maximum atomic E-state index is 13.6. The summed E-state index contributed by atoms with van der Waals surface area (Å²) in [7, 11) is 0. The van der Waals surface area contributed by atoms with E-state index in [0.717, 1.165) is 32.4 Å². The summed E-state index contributed by atoms with van der Waals surface area (Å²) in [6.45, 7) is 2.65. The minimum Gasteiger partial charge on any atom is -0.489 e. The Bertz CT molecular complexity index is 1920. The van der Waals surface area contributed by atoms with Crippen molar-refractivity contribution in [2.45, 2.75) is 20.1 Å². The molecule has 0 spiro atoms. The zero-order chi connectivity index (χ0) is 30.6. The van der Waals surface area contributed by atoms with Crippen molar-refractivity contribution in [2.75, 3.05) is 4.90 Å². The van der Waals surface area contributed by atoms with Crippen molar-refractivity contribution in [2.24, 2.45) is 0 Å². The number of hydrogen-bond acceptors (Lipinski definition) is 5. The second kappa shape index (κ2) is 12.5. The highest BCUT2D eigenvalue weighted by molar-refractivity contribution is 6.39. The van der Waals surface area contributed by atoms with Crippen molar-refractivity contribution < 1.29 is 23.9 Å². The molecule has 6 rings (SSSR count). The molecular formula is C36H27ClN2O5. The van der Waals surface area contributed by atoms with E-state index >= 15 is 0 Å². The van der Waals surface area contributed by atoms with E-state index in [1.807, 2.05) is 67.6 Å². The van der Waals surface area contributed by atoms with Gasteiger partial charge in [0.15, 0.2) is 0 Å². The largest absolute Gasteiger partial charge is 0.489 e. The predicted octanol–water partition coefficient (Wildman–Crippen LogP) is 7.63. The Morgan fingerprint density at radius 1 is 0.795 bits per heavy atom. The van der Waals surface area contributed by atoms with Crippen LogP contribution in [0.4, 0.5) is 10.5 Å². The van der Waals surface area contributed by atoms with Crippen molar-refractivity contribution in [1.82, 2.24) is 5.32 Å². The van der Waals surface area contributed by atoms with Crippen molar-refractivity contribution in [3.05, 3.63) is 142 Å². The first kappa shape index (κ1) is 28.7. The molecule has 0 atom stereocenters. The second-order valence-corrected chi connectivity index (χ2v) is 10.7. The fourth-order valence-corrected chi connectivity index (χ4v) is 5.21. The standard InChI is InChI=1S/C36H27ClN2O5/c1-23-11-12-25-9-5-6-10-30(25)32(23)22-44-33-18-13-27(37)19-26(33)20-31-34(40)38-36(42)39(35(31)41)28-14-16-29(17-15-28)43-21-24-7-3-2-4-8-24/h2-20H,21-22H2,1H3,(H,38,40,42)/b31-20+. The van der Waals surface area contributed by atoms with Crippen LogP contribution in [0.5, 0.6) is 11.5 Å². The first-order valence-corrected chi connectivity index (χ1v) is 14.3. The molecule has 5 aromatic carbocycles. The minimum absolute atomic E-state index is 0.234. The lowest BCUT2D eigenvalue weighted by atomic mass is 10.0. The van der Waals surface area contributed by atoms with Gasteiger partial charge < -0.3 is 9.47 Å². The molecule has 0 saturated carbocycles. The lowest BCUT2D eigenvalue weighted by Crippen LogP contribution is -2.54. The summed E-state index contributed by atoms with van der Waals surface area (Å²) in [5.41, 5.74) is 3.58. The lowest BCUT2D eigenvalue weighted by molar-refractivity contribution is -0.122. The molecule has 0 bridgehead atoms. The van der Waals surface area contributed by atoms with E-state index in [4.69, 9.17) is 21.1 Å². The molecule has 0 aromatic heterocycles. The van der Waals surface area contributed by atoms with Gasteiger partial charge in [-0.15, -0.1) is 0 Å². The van der Waals surface area contributed by atoms with Gasteiger partial charge >= 0.3 is 6.03 Å². The molecule has 0 aliphatic carbocycles. The summed E-state index contributed by atoms with van der Waals surface area (Å²) in [5, 5.41) is 4.83. The number of benzene rings is 5. The summed E-state index contributed by atoms with van der Waals surface area (Å²) < 4.78 is 12.1. The molecule has 5 aromatic rings. The first-order valence-electron chi connectivity index (χ1n) is 14.0. The van der Waals surface area contributed by atoms with Crippen LogP contribution >= 0.6 is 11.6 Å². The monoisotopic (exact) mass is 602 g/mol. The quantitative estimate of drug-likeness (QED) is 0.146. The number of fused-ring (bicyclic) bond motifs is 1. The molecule has 44 heavy (non-hydrogen) atoms. The Kier molecular flexibility index (Phi) is 8.12. The van der Waals surface area contributed by atoms with Gasteiger partial charge in [0.05, 0.1) is 5.69 Å². The number of barbiturate groups is 1. The van der Waals surface area contributed by atoms with Gasteiger partial charge in [0.25, 0.3) is 11.8 Å². The SMILES string of the molecule is Cc1ccc2ccccc2c1COc1ccc(Cl)cc1/C=C1\C(=O)NC(=O)N(c2ccc(OCc3ccccc3)cc2)C1=O. The number of anilines is 1. The van der Waals surface area contributed by atoms with Crippen molar-refractivity contribution >= 4 is 52.0 Å². The topological polar surface area (TPSA) is 84.9 Å². The maximum absolute atomic E-state index is 13.6. The fourth-order valence-electron chi connectivity index (χ4n) is 5.03. The molecule has 1 aliphatic rings. The van der Waals surface area contributed by atoms with Crippen molar-refractivity contribution in [1.29, 1.82) is 0 Å². The van der Waals surface area contributed by atoms with Crippen LogP contribution in [0.15, 0.2) is 115 Å². The third kappa shape index (κ3) is 6.04. The number of rotatable bonds is 8. The molecule has 8 heteroatoms. The van der Waals surface area contributed by atoms with E-state index in [9.17, 15) is 14.4 Å². The zero-order valence-corrected chi connectivity index (χ0v) is 24.5. The number of imide groups is 2. The number of carbonyl (C=O) groups excluding carboxylic acids is 3. The van der Waals surface area contributed by atoms with Gasteiger partial charge in [0.1, 0.15) is 30.3 Å². The zero-order valence-electron chi connectivity index (χ0n) is 23.8. The van der Waals surface area contributed by atoms with E-state index in [2.05, 4.69) is 11.4 Å². The highest BCUT2D eigenvalue weighted by atomic mass is 35.5. The predicted molar refractivity (Wildman–Crippen MR) is 171 cm³/mol. The number of urea groups is 1. The van der Waals surface area contributed by atoms with Gasteiger partial charge in [-0.2, -0.15) is 0 Å². The number of amides is 4. The van der Waals surface area contributed by atoms with Gasteiger partial charge in [-0.3, -0.25) is 14.9 Å². The summed E-state index contributed by atoms with van der Waals surface area (Å²) in [4.78, 5) is 40.2. The molecule has 1 N–H and O–H groups in total. The van der Waals surface area contributed by atoms with Crippen LogP contribution in [0.2, 0.25) is 5.02 Å². The molecule has 0 radical (unpaired) electrons. The number of halogens is 1. The van der Waals surface area contributed by atoms with Crippen LogP contribution in [0.25, 0.3) is 16.8 Å². The van der Waals surface area contributed by atoms with Crippen molar-refractivity contribution in [3.8, 4) is 11.5 Å². The van der Waals surface area contributed by atoms with Crippen LogP contribution < -0.4 is 19.7 Å². The molecule has 1 fully saturated rings. The smallest absolute Gasteiger partial charge is 0.335 e. The Morgan fingerprint density at radius 2 is 1.55 bits per heavy atom. The van der Waals surface area contributed by atoms with Gasteiger partial charge in [0, 0.05) is 16.1 Å². The van der Waals surface area contributed by atoms with E-state index in [0.29, 0.717) is 28.7 Å². The molecule has 7 nitrogen and oxygen atoms in total. The summed E-state index contributed by atoms with van der Waals surface area (Å²) >= 11 is 6.31. The van der Waals surface area contributed by atoms with Gasteiger partial charge in [-0.25, -0.2) is 9.69 Å². The molecule has 0 unspecified atom stereocenters. The Balaban J connectivity index is 1.25. The first-order chi connectivity index (χ1) is 21.4. The molecular weight excluding hydrogens is 576 g/mol. The Labute approximate surface area is 259 Å². The Morgan fingerprint density at radius 3 is 2.34 bits per heavy atom. The third-order valence-corrected chi connectivity index (χ3v) is 7.60. The molecule has 218 valence electrons. The molecule has 1 heterocycles. The normalized spacial score (nSPS) is 14.2. The number of nitrogens with one attached hydrogen (secondary N) is 1. The number of carbonyl (C=O) groups is 3. The van der Waals surface area contributed by atoms with Crippen LogP contribution in [0, 0.1) is 6.92 Å². The van der Waals surface area contributed by atoms with Crippen LogP contribution in [-0.2, 0) is 22.8 Å². The van der Waals surface area contributed by atoms with Gasteiger partial charge in [-0.1, -0.05) is 78.3 Å². The third-order valence-electron chi connectivity index (χ3n) is 7.36. The maximum Gasteiger partial charge on any atom is 0.335 e. The second-order valence-electron chi connectivity index (χ2n) is 10.3. The van der Waals surface area contributed by atoms with Gasteiger partial charge in [0.2, 0.25) is 0 Å². The van der Waals surface area contributed by atoms with E-state index < -0.39 is 17.8 Å². The highest BCUT2D eigenvalue weighted by Crippen LogP contribution is 2.31. The lowest BCUT2D eigenvalue weighted by Gasteiger charge is -2.26. The summed E-state index contributed by atoms with van der Waals surface area (Å²) in [5.74, 6) is -0.586. The van der Waals surface area contributed by atoms with Gasteiger partial charge in [-0.05, 0) is 77.4 Å². The van der Waals surface area contributed by atoms with Crippen LogP contribution in [0.3, 0.4) is 0 Å². The van der Waals surface area contributed by atoms with Crippen LogP contribution in [0.1, 0.15) is 22.3 Å². The van der Waals surface area contributed by atoms with E-state index in [1.54, 1.807) is 42.5 Å². The number of nitrogens with zero attached hydrogens (tertiary/aromatic N) is 1. The summed E-state index contributed by atoms with van der Waals surface area (Å²) in [6.07, 6.45) is 1.39. The average Bonchev–Trinajstić information content (AvgIpc) is 3.03. The Hall–Kier alpha value is -5.40. The number of hydrogen-bond donors (Lipinski definition) is 1. The summed E-state index contributed by atoms with van der Waals surface area (Å²) in [6, 6.07) is 32.5. The van der Waals surface area contributed by atoms with Crippen molar-refractivity contribution in [3.63, 3.8) is 0 Å². The molecule has 1 aliphatic heterocycles. The van der Waals surface area contributed by atoms with E-state index in [1.165, 1.54) is 6.08 Å².